The molecule has 0 saturated carbocycles. The van der Waals surface area contributed by atoms with Gasteiger partial charge in [0.1, 0.15) is 0 Å². The SMILES string of the molecule is CC(=O)Nc1nsc(N2CCC(C(=O)NCc3ccccc3)CC2)n1. The number of benzene rings is 1. The fraction of sp³-hybridized carbons (Fsp3) is 0.412. The maximum atomic E-state index is 12.3. The second-order valence-corrected chi connectivity index (χ2v) is 6.78. The highest BCUT2D eigenvalue weighted by atomic mass is 32.1. The molecule has 0 radical (unpaired) electrons. The molecule has 132 valence electrons. The predicted octanol–water partition coefficient (Wildman–Crippen LogP) is 2.03. The van der Waals surface area contributed by atoms with Gasteiger partial charge in [0.05, 0.1) is 0 Å². The van der Waals surface area contributed by atoms with Crippen molar-refractivity contribution in [3.05, 3.63) is 35.9 Å². The molecule has 1 aliphatic heterocycles. The van der Waals surface area contributed by atoms with E-state index in [2.05, 4.69) is 24.9 Å². The van der Waals surface area contributed by atoms with Gasteiger partial charge >= 0.3 is 0 Å². The number of hydrogen-bond acceptors (Lipinski definition) is 6. The lowest BCUT2D eigenvalue weighted by Crippen LogP contribution is -2.40. The molecular formula is C17H21N5O2S. The van der Waals surface area contributed by atoms with Gasteiger partial charge in [-0.2, -0.15) is 9.36 Å². The first kappa shape index (κ1) is 17.3. The third-order valence-electron chi connectivity index (χ3n) is 4.15. The first-order valence-corrected chi connectivity index (χ1v) is 9.07. The van der Waals surface area contributed by atoms with Crippen LogP contribution >= 0.6 is 11.5 Å². The molecule has 7 nitrogen and oxygen atoms in total. The molecule has 2 heterocycles. The first-order chi connectivity index (χ1) is 12.1. The van der Waals surface area contributed by atoms with E-state index in [-0.39, 0.29) is 17.7 Å². The molecule has 1 aromatic carbocycles. The topological polar surface area (TPSA) is 87.2 Å². The largest absolute Gasteiger partial charge is 0.352 e. The molecule has 1 fully saturated rings. The molecule has 0 spiro atoms. The minimum Gasteiger partial charge on any atom is -0.352 e. The van der Waals surface area contributed by atoms with Crippen molar-refractivity contribution in [2.45, 2.75) is 26.3 Å². The monoisotopic (exact) mass is 359 g/mol. The van der Waals surface area contributed by atoms with Gasteiger partial charge < -0.3 is 10.2 Å². The van der Waals surface area contributed by atoms with E-state index in [1.807, 2.05) is 30.3 Å². The number of anilines is 2. The summed E-state index contributed by atoms with van der Waals surface area (Å²) in [5, 5.41) is 6.38. The Kier molecular flexibility index (Phi) is 5.60. The lowest BCUT2D eigenvalue weighted by molar-refractivity contribution is -0.125. The Morgan fingerprint density at radius 1 is 1.24 bits per heavy atom. The molecule has 8 heteroatoms. The van der Waals surface area contributed by atoms with Crippen LogP contribution in [-0.4, -0.2) is 34.3 Å². The summed E-state index contributed by atoms with van der Waals surface area (Å²) in [6.45, 7) is 3.52. The van der Waals surface area contributed by atoms with Crippen LogP contribution in [0.2, 0.25) is 0 Å². The van der Waals surface area contributed by atoms with Crippen molar-refractivity contribution in [1.82, 2.24) is 14.7 Å². The van der Waals surface area contributed by atoms with Gasteiger partial charge in [0.2, 0.25) is 22.9 Å². The van der Waals surface area contributed by atoms with Crippen molar-refractivity contribution < 1.29 is 9.59 Å². The lowest BCUT2D eigenvalue weighted by atomic mass is 9.96. The number of nitrogens with zero attached hydrogens (tertiary/aromatic N) is 3. The minimum atomic E-state index is -0.182. The van der Waals surface area contributed by atoms with Gasteiger partial charge in [-0.3, -0.25) is 14.9 Å². The first-order valence-electron chi connectivity index (χ1n) is 8.29. The number of hydrogen-bond donors (Lipinski definition) is 2. The van der Waals surface area contributed by atoms with Gasteiger partial charge in [-0.1, -0.05) is 30.3 Å². The predicted molar refractivity (Wildman–Crippen MR) is 97.4 cm³/mol. The summed E-state index contributed by atoms with van der Waals surface area (Å²) >= 11 is 1.26. The van der Waals surface area contributed by atoms with Crippen LogP contribution in [0.3, 0.4) is 0 Å². The average Bonchev–Trinajstić information content (AvgIpc) is 3.08. The summed E-state index contributed by atoms with van der Waals surface area (Å²) < 4.78 is 4.13. The Labute approximate surface area is 150 Å². The number of nitrogens with one attached hydrogen (secondary N) is 2. The number of rotatable bonds is 5. The van der Waals surface area contributed by atoms with Crippen molar-refractivity contribution in [3.8, 4) is 0 Å². The zero-order chi connectivity index (χ0) is 17.6. The second kappa shape index (κ2) is 8.06. The Bertz CT molecular complexity index is 726. The van der Waals surface area contributed by atoms with Gasteiger partial charge in [-0.25, -0.2) is 0 Å². The van der Waals surface area contributed by atoms with Crippen LogP contribution in [-0.2, 0) is 16.1 Å². The van der Waals surface area contributed by atoms with Gasteiger partial charge in [0.15, 0.2) is 0 Å². The number of carbonyl (C=O) groups is 2. The van der Waals surface area contributed by atoms with Gasteiger partial charge in [0, 0.05) is 44.0 Å². The highest BCUT2D eigenvalue weighted by Gasteiger charge is 2.26. The van der Waals surface area contributed by atoms with Crippen LogP contribution in [0.4, 0.5) is 11.1 Å². The van der Waals surface area contributed by atoms with Gasteiger partial charge in [0.25, 0.3) is 0 Å². The smallest absolute Gasteiger partial charge is 0.243 e. The van der Waals surface area contributed by atoms with Gasteiger partial charge in [-0.15, -0.1) is 0 Å². The normalized spacial score (nSPS) is 15.0. The molecule has 3 rings (SSSR count). The number of amides is 2. The fourth-order valence-corrected chi connectivity index (χ4v) is 3.49. The molecule has 2 aromatic rings. The molecule has 0 unspecified atom stereocenters. The molecule has 1 saturated heterocycles. The molecule has 0 aliphatic carbocycles. The molecule has 1 aromatic heterocycles. The Balaban J connectivity index is 1.47. The fourth-order valence-electron chi connectivity index (χ4n) is 2.81. The molecule has 0 bridgehead atoms. The molecular weight excluding hydrogens is 338 g/mol. The minimum absolute atomic E-state index is 0.0303. The second-order valence-electron chi connectivity index (χ2n) is 6.05. The van der Waals surface area contributed by atoms with Crippen LogP contribution in [0.15, 0.2) is 30.3 Å². The molecule has 1 aliphatic rings. The van der Waals surface area contributed by atoms with Crippen LogP contribution in [0.1, 0.15) is 25.3 Å². The van der Waals surface area contributed by atoms with E-state index in [4.69, 9.17) is 0 Å². The Hall–Kier alpha value is -2.48. The van der Waals surface area contributed by atoms with E-state index in [0.717, 1.165) is 36.6 Å². The average molecular weight is 359 g/mol. The Morgan fingerprint density at radius 2 is 1.96 bits per heavy atom. The van der Waals surface area contributed by atoms with Crippen LogP contribution in [0.5, 0.6) is 0 Å². The van der Waals surface area contributed by atoms with E-state index in [9.17, 15) is 9.59 Å². The van der Waals surface area contributed by atoms with E-state index in [1.54, 1.807) is 0 Å². The molecule has 2 N–H and O–H groups in total. The standard InChI is InChI=1S/C17H21N5O2S/c1-12(23)19-16-20-17(25-21-16)22-9-7-14(8-10-22)15(24)18-11-13-5-3-2-4-6-13/h2-6,14H,7-11H2,1H3,(H,18,24)(H,19,21,23). The number of carbonyl (C=O) groups excluding carboxylic acids is 2. The zero-order valence-electron chi connectivity index (χ0n) is 14.1. The summed E-state index contributed by atoms with van der Waals surface area (Å²) in [5.41, 5.74) is 1.10. The summed E-state index contributed by atoms with van der Waals surface area (Å²) in [4.78, 5) is 29.8. The van der Waals surface area contributed by atoms with Crippen LogP contribution < -0.4 is 15.5 Å². The summed E-state index contributed by atoms with van der Waals surface area (Å²) in [5.74, 6) is 0.302. The van der Waals surface area contributed by atoms with Gasteiger partial charge in [-0.05, 0) is 18.4 Å². The summed E-state index contributed by atoms with van der Waals surface area (Å²) in [7, 11) is 0. The third kappa shape index (κ3) is 4.76. The molecule has 0 atom stereocenters. The number of piperidine rings is 1. The highest BCUT2D eigenvalue weighted by Crippen LogP contribution is 2.26. The van der Waals surface area contributed by atoms with Crippen LogP contribution in [0.25, 0.3) is 0 Å². The van der Waals surface area contributed by atoms with Crippen molar-refractivity contribution >= 4 is 34.4 Å². The van der Waals surface area contributed by atoms with Crippen molar-refractivity contribution in [1.29, 1.82) is 0 Å². The summed E-state index contributed by atoms with van der Waals surface area (Å²) in [6.07, 6.45) is 1.57. The quantitative estimate of drug-likeness (QED) is 0.853. The van der Waals surface area contributed by atoms with E-state index >= 15 is 0 Å². The highest BCUT2D eigenvalue weighted by molar-refractivity contribution is 7.09. The van der Waals surface area contributed by atoms with Crippen molar-refractivity contribution in [2.75, 3.05) is 23.3 Å². The third-order valence-corrected chi connectivity index (χ3v) is 4.93. The summed E-state index contributed by atoms with van der Waals surface area (Å²) in [6, 6.07) is 9.91. The zero-order valence-corrected chi connectivity index (χ0v) is 14.9. The number of aromatic nitrogens is 2. The maximum absolute atomic E-state index is 12.3. The van der Waals surface area contributed by atoms with E-state index in [0.29, 0.717) is 12.5 Å². The lowest BCUT2D eigenvalue weighted by Gasteiger charge is -2.30. The molecule has 25 heavy (non-hydrogen) atoms. The van der Waals surface area contributed by atoms with E-state index in [1.165, 1.54) is 18.5 Å². The van der Waals surface area contributed by atoms with Crippen molar-refractivity contribution in [3.63, 3.8) is 0 Å². The molecule has 2 amide bonds. The van der Waals surface area contributed by atoms with E-state index < -0.39 is 0 Å². The Morgan fingerprint density at radius 3 is 2.64 bits per heavy atom. The maximum Gasteiger partial charge on any atom is 0.243 e. The van der Waals surface area contributed by atoms with Crippen LogP contribution in [0, 0.1) is 5.92 Å². The van der Waals surface area contributed by atoms with Crippen molar-refractivity contribution in [2.24, 2.45) is 5.92 Å².